The molecule has 0 saturated carbocycles. The highest BCUT2D eigenvalue weighted by molar-refractivity contribution is 5.94. The van der Waals surface area contributed by atoms with Gasteiger partial charge in [0.25, 0.3) is 5.91 Å². The number of carbonyl (C=O) groups is 1. The lowest BCUT2D eigenvalue weighted by atomic mass is 9.74. The van der Waals surface area contributed by atoms with Crippen LogP contribution in [-0.2, 0) is 9.47 Å². The van der Waals surface area contributed by atoms with Crippen molar-refractivity contribution in [2.45, 2.75) is 90.1 Å². The lowest BCUT2D eigenvalue weighted by molar-refractivity contribution is -0.155. The molecule has 4 heterocycles. The number of carbonyl (C=O) groups excluding carboxylic acids is 1. The van der Waals surface area contributed by atoms with Crippen molar-refractivity contribution in [2.75, 3.05) is 19.7 Å². The third-order valence-corrected chi connectivity index (χ3v) is 8.56. The normalized spacial score (nSPS) is 28.7. The van der Waals surface area contributed by atoms with E-state index in [9.17, 15) is 9.90 Å². The predicted octanol–water partition coefficient (Wildman–Crippen LogP) is 4.68. The minimum atomic E-state index is -0.842. The topological polar surface area (TPSA) is 85.0 Å². The van der Waals surface area contributed by atoms with Crippen LogP contribution in [0.3, 0.4) is 0 Å². The van der Waals surface area contributed by atoms with Crippen molar-refractivity contribution in [3.8, 4) is 11.1 Å². The van der Waals surface area contributed by atoms with Gasteiger partial charge in [-0.05, 0) is 89.8 Å². The summed E-state index contributed by atoms with van der Waals surface area (Å²) in [5, 5.41) is 14.4. The molecule has 1 amide bonds. The Labute approximate surface area is 207 Å². The Morgan fingerprint density at radius 1 is 1.14 bits per heavy atom. The minimum Gasteiger partial charge on any atom is -0.388 e. The van der Waals surface area contributed by atoms with Crippen molar-refractivity contribution in [3.63, 3.8) is 0 Å². The van der Waals surface area contributed by atoms with E-state index in [0.717, 1.165) is 74.4 Å². The Kier molecular flexibility index (Phi) is 6.09. The highest BCUT2D eigenvalue weighted by Gasteiger charge is 2.53. The van der Waals surface area contributed by atoms with E-state index in [0.29, 0.717) is 5.56 Å². The van der Waals surface area contributed by atoms with E-state index >= 15 is 0 Å². The first kappa shape index (κ1) is 24.5. The number of hydrogen-bond donors (Lipinski definition) is 1. The number of ether oxygens (including phenoxy) is 2. The summed E-state index contributed by atoms with van der Waals surface area (Å²) in [6, 6.07) is 7.76. The fourth-order valence-corrected chi connectivity index (χ4v) is 6.17. The molecule has 0 radical (unpaired) electrons. The van der Waals surface area contributed by atoms with Gasteiger partial charge in [0, 0.05) is 24.2 Å². The molecular formula is C28H38N2O5. The van der Waals surface area contributed by atoms with Crippen LogP contribution in [0.15, 0.2) is 28.8 Å². The van der Waals surface area contributed by atoms with Crippen molar-refractivity contribution in [2.24, 2.45) is 5.41 Å². The molecular weight excluding hydrogens is 444 g/mol. The van der Waals surface area contributed by atoms with Gasteiger partial charge in [-0.25, -0.2) is 0 Å². The number of aryl methyl sites for hydroxylation is 2. The summed E-state index contributed by atoms with van der Waals surface area (Å²) >= 11 is 0. The summed E-state index contributed by atoms with van der Waals surface area (Å²) in [6.45, 7) is 11.8. The molecule has 7 heteroatoms. The Morgan fingerprint density at radius 3 is 2.40 bits per heavy atom. The molecule has 1 N–H and O–H groups in total. The summed E-state index contributed by atoms with van der Waals surface area (Å²) in [5.74, 6) is 0.868. The zero-order valence-electron chi connectivity index (χ0n) is 21.6. The van der Waals surface area contributed by atoms with Gasteiger partial charge in [0.2, 0.25) is 0 Å². The number of aromatic nitrogens is 1. The Balaban J connectivity index is 1.19. The van der Waals surface area contributed by atoms with E-state index in [2.05, 4.69) is 12.1 Å². The fourth-order valence-electron chi connectivity index (χ4n) is 6.17. The van der Waals surface area contributed by atoms with Crippen molar-refractivity contribution in [3.05, 3.63) is 41.3 Å². The fraction of sp³-hybridized carbons (Fsp3) is 0.643. The zero-order valence-corrected chi connectivity index (χ0v) is 21.6. The third kappa shape index (κ3) is 4.54. The SMILES string of the molecule is Cc1noc(C)c1-c1ccc(C(=O)N2CCC3(CC2)CO[C@@H]([C@@]2(C)CC[C@@H](C(C)(C)O)O2)C3)cc1. The van der Waals surface area contributed by atoms with Gasteiger partial charge in [0.15, 0.2) is 0 Å². The minimum absolute atomic E-state index is 0.0361. The van der Waals surface area contributed by atoms with Crippen molar-refractivity contribution < 1.29 is 23.9 Å². The number of piperidine rings is 1. The van der Waals surface area contributed by atoms with Gasteiger partial charge in [0.1, 0.15) is 5.76 Å². The largest absolute Gasteiger partial charge is 0.388 e. The number of amides is 1. The van der Waals surface area contributed by atoms with Gasteiger partial charge in [-0.3, -0.25) is 4.79 Å². The average molecular weight is 483 g/mol. The molecule has 7 nitrogen and oxygen atoms in total. The predicted molar refractivity (Wildman–Crippen MR) is 132 cm³/mol. The molecule has 3 saturated heterocycles. The monoisotopic (exact) mass is 482 g/mol. The second kappa shape index (κ2) is 8.71. The second-order valence-corrected chi connectivity index (χ2v) is 11.7. The Morgan fingerprint density at radius 2 is 1.83 bits per heavy atom. The molecule has 3 aliphatic rings. The van der Waals surface area contributed by atoms with E-state index in [-0.39, 0.29) is 29.1 Å². The quantitative estimate of drug-likeness (QED) is 0.681. The molecule has 1 aromatic heterocycles. The van der Waals surface area contributed by atoms with E-state index < -0.39 is 5.60 Å². The molecule has 0 aliphatic carbocycles. The molecule has 5 rings (SSSR count). The van der Waals surface area contributed by atoms with Crippen LogP contribution < -0.4 is 0 Å². The third-order valence-electron chi connectivity index (χ3n) is 8.56. The summed E-state index contributed by atoms with van der Waals surface area (Å²) in [6.07, 6.45) is 4.47. The van der Waals surface area contributed by atoms with Crippen LogP contribution in [0.25, 0.3) is 11.1 Å². The summed E-state index contributed by atoms with van der Waals surface area (Å²) in [5.41, 5.74) is 2.48. The summed E-state index contributed by atoms with van der Waals surface area (Å²) in [7, 11) is 0. The Hall–Kier alpha value is -2.22. The maximum Gasteiger partial charge on any atom is 0.253 e. The van der Waals surface area contributed by atoms with Gasteiger partial charge in [0.05, 0.1) is 35.7 Å². The van der Waals surface area contributed by atoms with Gasteiger partial charge < -0.3 is 24.0 Å². The van der Waals surface area contributed by atoms with Crippen molar-refractivity contribution in [1.29, 1.82) is 0 Å². The first-order valence-corrected chi connectivity index (χ1v) is 12.8. The molecule has 35 heavy (non-hydrogen) atoms. The maximum absolute atomic E-state index is 13.2. The van der Waals surface area contributed by atoms with E-state index in [1.807, 2.05) is 56.9 Å². The number of rotatable bonds is 4. The first-order chi connectivity index (χ1) is 16.5. The number of likely N-dealkylation sites (tertiary alicyclic amines) is 1. The number of nitrogens with zero attached hydrogens (tertiary/aromatic N) is 2. The molecule has 1 spiro atoms. The summed E-state index contributed by atoms with van der Waals surface area (Å²) < 4.78 is 18.0. The van der Waals surface area contributed by atoms with E-state index in [1.165, 1.54) is 0 Å². The van der Waals surface area contributed by atoms with Crippen molar-refractivity contribution >= 4 is 5.91 Å². The summed E-state index contributed by atoms with van der Waals surface area (Å²) in [4.78, 5) is 15.2. The van der Waals surface area contributed by atoms with Crippen LogP contribution in [0.4, 0.5) is 0 Å². The number of hydrogen-bond acceptors (Lipinski definition) is 6. The lowest BCUT2D eigenvalue weighted by Gasteiger charge is -2.39. The van der Waals surface area contributed by atoms with E-state index in [1.54, 1.807) is 0 Å². The van der Waals surface area contributed by atoms with Gasteiger partial charge in [-0.1, -0.05) is 17.3 Å². The molecule has 3 atom stereocenters. The molecule has 1 aromatic carbocycles. The number of aliphatic hydroxyl groups is 1. The van der Waals surface area contributed by atoms with Gasteiger partial charge in [-0.15, -0.1) is 0 Å². The van der Waals surface area contributed by atoms with Crippen LogP contribution in [0.2, 0.25) is 0 Å². The van der Waals surface area contributed by atoms with Crippen LogP contribution in [0, 0.1) is 19.3 Å². The Bertz CT molecular complexity index is 1060. The molecule has 190 valence electrons. The average Bonchev–Trinajstić information content (AvgIpc) is 3.52. The van der Waals surface area contributed by atoms with E-state index in [4.69, 9.17) is 14.0 Å². The number of benzene rings is 1. The molecule has 0 unspecified atom stereocenters. The maximum atomic E-state index is 13.2. The highest BCUT2D eigenvalue weighted by Crippen LogP contribution is 2.49. The van der Waals surface area contributed by atoms with Crippen LogP contribution in [0.1, 0.15) is 74.7 Å². The highest BCUT2D eigenvalue weighted by atomic mass is 16.6. The van der Waals surface area contributed by atoms with Crippen LogP contribution >= 0.6 is 0 Å². The first-order valence-electron chi connectivity index (χ1n) is 12.8. The van der Waals surface area contributed by atoms with Crippen LogP contribution in [0.5, 0.6) is 0 Å². The van der Waals surface area contributed by atoms with Crippen molar-refractivity contribution in [1.82, 2.24) is 10.1 Å². The lowest BCUT2D eigenvalue weighted by Crippen LogP contribution is -2.45. The smallest absolute Gasteiger partial charge is 0.253 e. The zero-order chi connectivity index (χ0) is 25.0. The molecule has 3 fully saturated rings. The van der Waals surface area contributed by atoms with Gasteiger partial charge >= 0.3 is 0 Å². The molecule has 0 bridgehead atoms. The molecule has 3 aliphatic heterocycles. The van der Waals surface area contributed by atoms with Gasteiger partial charge in [-0.2, -0.15) is 0 Å². The van der Waals surface area contributed by atoms with Crippen LogP contribution in [-0.4, -0.2) is 64.2 Å². The second-order valence-electron chi connectivity index (χ2n) is 11.7. The molecule has 2 aromatic rings. The standard InChI is InChI=1S/C28H38N2O5/c1-18-24(19(2)35-29-18)20-6-8-21(9-7-20)25(31)30-14-12-28(13-15-30)16-23(33-17-28)27(5)11-10-22(34-27)26(3,4)32/h6-9,22-23,32H,10-17H2,1-5H3/t22-,23+,27+/m0/s1.